The molecule has 0 aliphatic carbocycles. The van der Waals surface area contributed by atoms with Crippen LogP contribution in [-0.2, 0) is 0 Å². The van der Waals surface area contributed by atoms with Crippen molar-refractivity contribution in [1.29, 1.82) is 0 Å². The quantitative estimate of drug-likeness (QED) is 0.572. The largest absolute Gasteiger partial charge is 0.241 e. The fraction of sp³-hybridized carbons (Fsp3) is 0.125. The summed E-state index contributed by atoms with van der Waals surface area (Å²) in [5.41, 5.74) is 1.67. The van der Waals surface area contributed by atoms with Gasteiger partial charge in [-0.2, -0.15) is 0 Å². The molecule has 0 spiro atoms. The molecule has 0 radical (unpaired) electrons. The van der Waals surface area contributed by atoms with Crippen LogP contribution in [0.1, 0.15) is 5.69 Å². The van der Waals surface area contributed by atoms with Crippen LogP contribution in [0.4, 0.5) is 0 Å². The summed E-state index contributed by atoms with van der Waals surface area (Å²) in [5.74, 6) is 0. The molecule has 0 saturated carbocycles. The molecule has 2 heterocycles. The number of hydrogen-bond acceptors (Lipinski definition) is 4. The summed E-state index contributed by atoms with van der Waals surface area (Å²) < 4.78 is 0. The van der Waals surface area contributed by atoms with Crippen molar-refractivity contribution in [1.82, 2.24) is 15.0 Å². The van der Waals surface area contributed by atoms with E-state index in [-0.39, 0.29) is 5.28 Å². The smallest absolute Gasteiger partial charge is 0.223 e. The molecule has 0 N–H and O–H groups in total. The van der Waals surface area contributed by atoms with Crippen LogP contribution in [0.25, 0.3) is 10.6 Å². The van der Waals surface area contributed by atoms with Gasteiger partial charge in [-0.3, -0.25) is 0 Å². The molecule has 0 aromatic carbocycles. The van der Waals surface area contributed by atoms with Gasteiger partial charge in [0.05, 0.1) is 5.56 Å². The second kappa shape index (κ2) is 3.81. The highest BCUT2D eigenvalue weighted by molar-refractivity contribution is 7.13. The van der Waals surface area contributed by atoms with E-state index in [0.717, 1.165) is 10.7 Å². The normalized spacial score (nSPS) is 10.5. The first-order valence-corrected chi connectivity index (χ1v) is 5.41. The van der Waals surface area contributed by atoms with Crippen LogP contribution in [0.5, 0.6) is 0 Å². The monoisotopic (exact) mass is 245 g/mol. The van der Waals surface area contributed by atoms with E-state index >= 15 is 0 Å². The molecule has 2 rings (SSSR count). The lowest BCUT2D eigenvalue weighted by Crippen LogP contribution is -1.87. The number of rotatable bonds is 1. The number of aryl methyl sites for hydroxylation is 1. The Kier molecular flexibility index (Phi) is 2.67. The van der Waals surface area contributed by atoms with E-state index < -0.39 is 0 Å². The third-order valence-electron chi connectivity index (χ3n) is 1.56. The SMILES string of the molecule is Cc1csc(-c2cnc(Cl)nc2Cl)n1. The maximum atomic E-state index is 5.90. The zero-order valence-electron chi connectivity index (χ0n) is 7.16. The molecule has 0 aliphatic heterocycles. The number of thiazole rings is 1. The van der Waals surface area contributed by atoms with Crippen LogP contribution >= 0.6 is 34.5 Å². The third kappa shape index (κ3) is 1.87. The summed E-state index contributed by atoms with van der Waals surface area (Å²) >= 11 is 13.0. The summed E-state index contributed by atoms with van der Waals surface area (Å²) in [7, 11) is 0. The molecule has 6 heteroatoms. The van der Waals surface area contributed by atoms with Gasteiger partial charge in [-0.25, -0.2) is 15.0 Å². The van der Waals surface area contributed by atoms with Crippen LogP contribution in [0.2, 0.25) is 10.4 Å². The minimum absolute atomic E-state index is 0.145. The number of nitrogens with zero attached hydrogens (tertiary/aromatic N) is 3. The molecule has 0 aliphatic rings. The van der Waals surface area contributed by atoms with E-state index in [1.54, 1.807) is 6.20 Å². The Morgan fingerprint density at radius 2 is 2.07 bits per heavy atom. The van der Waals surface area contributed by atoms with Crippen LogP contribution in [-0.4, -0.2) is 15.0 Å². The number of aromatic nitrogens is 3. The topological polar surface area (TPSA) is 38.7 Å². The van der Waals surface area contributed by atoms with Crippen LogP contribution in [0.15, 0.2) is 11.6 Å². The molecule has 0 unspecified atom stereocenters. The second-order valence-corrected chi connectivity index (χ2v) is 4.19. The Morgan fingerprint density at radius 3 is 2.64 bits per heavy atom. The van der Waals surface area contributed by atoms with Gasteiger partial charge in [0, 0.05) is 17.3 Å². The van der Waals surface area contributed by atoms with E-state index in [1.807, 2.05) is 12.3 Å². The van der Waals surface area contributed by atoms with E-state index in [1.165, 1.54) is 11.3 Å². The van der Waals surface area contributed by atoms with E-state index in [0.29, 0.717) is 10.7 Å². The lowest BCUT2D eigenvalue weighted by molar-refractivity contribution is 1.16. The Hall–Kier alpha value is -0.710. The zero-order chi connectivity index (χ0) is 10.1. The average molecular weight is 246 g/mol. The Balaban J connectivity index is 2.52. The first-order chi connectivity index (χ1) is 6.66. The van der Waals surface area contributed by atoms with Crippen molar-refractivity contribution in [3.8, 4) is 10.6 Å². The fourth-order valence-corrected chi connectivity index (χ4v) is 2.22. The molecule has 2 aromatic rings. The Bertz CT molecular complexity index is 469. The predicted molar refractivity (Wildman–Crippen MR) is 57.9 cm³/mol. The van der Waals surface area contributed by atoms with Gasteiger partial charge in [-0.1, -0.05) is 11.6 Å². The summed E-state index contributed by atoms with van der Waals surface area (Å²) in [6.45, 7) is 1.92. The van der Waals surface area contributed by atoms with Gasteiger partial charge in [-0.05, 0) is 18.5 Å². The maximum Gasteiger partial charge on any atom is 0.223 e. The van der Waals surface area contributed by atoms with Gasteiger partial charge in [0.1, 0.15) is 10.2 Å². The van der Waals surface area contributed by atoms with Gasteiger partial charge < -0.3 is 0 Å². The Morgan fingerprint density at radius 1 is 1.29 bits per heavy atom. The van der Waals surface area contributed by atoms with Gasteiger partial charge in [0.25, 0.3) is 0 Å². The Labute approximate surface area is 94.8 Å². The van der Waals surface area contributed by atoms with Crippen LogP contribution in [0.3, 0.4) is 0 Å². The number of hydrogen-bond donors (Lipinski definition) is 0. The molecule has 2 aromatic heterocycles. The van der Waals surface area contributed by atoms with Crippen molar-refractivity contribution in [3.63, 3.8) is 0 Å². The van der Waals surface area contributed by atoms with Crippen molar-refractivity contribution >= 4 is 34.5 Å². The first-order valence-electron chi connectivity index (χ1n) is 3.77. The van der Waals surface area contributed by atoms with Crippen molar-refractivity contribution in [2.24, 2.45) is 0 Å². The van der Waals surface area contributed by atoms with Gasteiger partial charge in [0.15, 0.2) is 0 Å². The molecule has 14 heavy (non-hydrogen) atoms. The third-order valence-corrected chi connectivity index (χ3v) is 3.03. The summed E-state index contributed by atoms with van der Waals surface area (Å²) in [4.78, 5) is 12.0. The molecule has 3 nitrogen and oxygen atoms in total. The summed E-state index contributed by atoms with van der Waals surface area (Å²) in [6, 6.07) is 0. The lowest BCUT2D eigenvalue weighted by atomic mass is 10.3. The average Bonchev–Trinajstić information content (AvgIpc) is 2.51. The molecular weight excluding hydrogens is 241 g/mol. The van der Waals surface area contributed by atoms with Crippen molar-refractivity contribution in [2.75, 3.05) is 0 Å². The van der Waals surface area contributed by atoms with Crippen LogP contribution < -0.4 is 0 Å². The van der Waals surface area contributed by atoms with Gasteiger partial charge >= 0.3 is 0 Å². The van der Waals surface area contributed by atoms with Crippen LogP contribution in [0, 0.1) is 6.92 Å². The highest BCUT2D eigenvalue weighted by Crippen LogP contribution is 2.28. The minimum Gasteiger partial charge on any atom is -0.241 e. The molecule has 72 valence electrons. The second-order valence-electron chi connectivity index (χ2n) is 2.64. The van der Waals surface area contributed by atoms with Crippen molar-refractivity contribution in [2.45, 2.75) is 6.92 Å². The predicted octanol–water partition coefficient (Wildman–Crippen LogP) is 3.22. The molecule has 0 saturated heterocycles. The molecular formula is C8H5Cl2N3S. The van der Waals surface area contributed by atoms with Crippen molar-refractivity contribution in [3.05, 3.63) is 27.7 Å². The fourth-order valence-electron chi connectivity index (χ4n) is 0.962. The van der Waals surface area contributed by atoms with Crippen molar-refractivity contribution < 1.29 is 0 Å². The van der Waals surface area contributed by atoms with E-state index in [2.05, 4.69) is 15.0 Å². The highest BCUT2D eigenvalue weighted by Gasteiger charge is 2.09. The zero-order valence-corrected chi connectivity index (χ0v) is 9.49. The molecule has 0 amide bonds. The lowest BCUT2D eigenvalue weighted by Gasteiger charge is -1.97. The minimum atomic E-state index is 0.145. The first kappa shape index (κ1) is 9.83. The molecule has 0 atom stereocenters. The maximum absolute atomic E-state index is 5.90. The number of halogens is 2. The van der Waals surface area contributed by atoms with E-state index in [9.17, 15) is 0 Å². The summed E-state index contributed by atoms with van der Waals surface area (Å²) in [6.07, 6.45) is 1.58. The molecule has 0 fully saturated rings. The molecule has 0 bridgehead atoms. The van der Waals surface area contributed by atoms with Gasteiger partial charge in [0.2, 0.25) is 5.28 Å². The highest BCUT2D eigenvalue weighted by atomic mass is 35.5. The standard InChI is InChI=1S/C8H5Cl2N3S/c1-4-3-14-7(12-4)5-2-11-8(10)13-6(5)9/h2-3H,1H3. The summed E-state index contributed by atoms with van der Waals surface area (Å²) in [5, 5.41) is 3.23. The van der Waals surface area contributed by atoms with Gasteiger partial charge in [-0.15, -0.1) is 11.3 Å². The van der Waals surface area contributed by atoms with E-state index in [4.69, 9.17) is 23.2 Å².